The van der Waals surface area contributed by atoms with E-state index in [1.807, 2.05) is 60.7 Å². The molecule has 0 aliphatic heterocycles. The molecule has 1 amide bonds. The molecule has 1 unspecified atom stereocenters. The van der Waals surface area contributed by atoms with Crippen LogP contribution in [-0.4, -0.2) is 29.3 Å². The summed E-state index contributed by atoms with van der Waals surface area (Å²) in [5.74, 6) is -0.944. The number of hydrogen-bond acceptors (Lipinski definition) is 3. The van der Waals surface area contributed by atoms with E-state index in [4.69, 9.17) is 0 Å². The van der Waals surface area contributed by atoms with Gasteiger partial charge in [0, 0.05) is 23.6 Å². The molecule has 24 heavy (non-hydrogen) atoms. The first-order chi connectivity index (χ1) is 11.6. The van der Waals surface area contributed by atoms with Crippen molar-refractivity contribution in [2.75, 3.05) is 12.3 Å². The summed E-state index contributed by atoms with van der Waals surface area (Å²) in [6.07, 6.45) is 0.784. The Morgan fingerprint density at radius 2 is 1.62 bits per heavy atom. The maximum absolute atomic E-state index is 11.9. The Kier molecular flexibility index (Phi) is 7.36. The number of amides is 1. The molecule has 0 aliphatic carbocycles. The molecule has 0 aromatic heterocycles. The van der Waals surface area contributed by atoms with Crippen LogP contribution in [0.15, 0.2) is 65.6 Å². The van der Waals surface area contributed by atoms with E-state index < -0.39 is 11.9 Å². The highest BCUT2D eigenvalue weighted by Crippen LogP contribution is 2.17. The zero-order chi connectivity index (χ0) is 17.2. The molecule has 2 rings (SSSR count). The van der Waals surface area contributed by atoms with E-state index >= 15 is 0 Å². The van der Waals surface area contributed by atoms with Crippen molar-refractivity contribution in [3.63, 3.8) is 0 Å². The van der Waals surface area contributed by atoms with Gasteiger partial charge in [-0.05, 0) is 24.1 Å². The Morgan fingerprint density at radius 1 is 1.00 bits per heavy atom. The van der Waals surface area contributed by atoms with E-state index in [2.05, 4.69) is 5.32 Å². The third kappa shape index (κ3) is 6.46. The van der Waals surface area contributed by atoms with Crippen molar-refractivity contribution in [3.05, 3.63) is 66.2 Å². The quantitative estimate of drug-likeness (QED) is 0.686. The van der Waals surface area contributed by atoms with Gasteiger partial charge in [0.25, 0.3) is 0 Å². The number of aliphatic carboxylic acids is 1. The summed E-state index contributed by atoms with van der Waals surface area (Å²) in [6, 6.07) is 19.3. The van der Waals surface area contributed by atoms with Crippen molar-refractivity contribution in [2.24, 2.45) is 5.92 Å². The van der Waals surface area contributed by atoms with Crippen LogP contribution in [0.4, 0.5) is 0 Å². The van der Waals surface area contributed by atoms with Gasteiger partial charge in [-0.3, -0.25) is 9.59 Å². The molecule has 2 aromatic carbocycles. The average molecular weight is 343 g/mol. The van der Waals surface area contributed by atoms with Gasteiger partial charge in [0.15, 0.2) is 0 Å². The topological polar surface area (TPSA) is 66.4 Å². The van der Waals surface area contributed by atoms with Crippen molar-refractivity contribution in [2.45, 2.75) is 17.7 Å². The van der Waals surface area contributed by atoms with Gasteiger partial charge in [0.05, 0.1) is 5.92 Å². The maximum atomic E-state index is 11.9. The smallest absolute Gasteiger partial charge is 0.308 e. The fourth-order valence-electron chi connectivity index (χ4n) is 2.25. The average Bonchev–Trinajstić information content (AvgIpc) is 2.60. The number of carbonyl (C=O) groups excluding carboxylic acids is 1. The second-order valence-corrected chi connectivity index (χ2v) is 6.61. The molecule has 4 nitrogen and oxygen atoms in total. The number of carboxylic acids is 1. The highest BCUT2D eigenvalue weighted by molar-refractivity contribution is 7.99. The maximum Gasteiger partial charge on any atom is 0.308 e. The molecule has 0 saturated heterocycles. The number of rotatable bonds is 9. The second kappa shape index (κ2) is 9.78. The highest BCUT2D eigenvalue weighted by atomic mass is 32.2. The number of thioether (sulfide) groups is 1. The number of nitrogens with one attached hydrogen (secondary N) is 1. The molecule has 5 heteroatoms. The van der Waals surface area contributed by atoms with Crippen molar-refractivity contribution in [1.29, 1.82) is 0 Å². The lowest BCUT2D eigenvalue weighted by atomic mass is 9.99. The van der Waals surface area contributed by atoms with Crippen LogP contribution in [0.2, 0.25) is 0 Å². The van der Waals surface area contributed by atoms with E-state index in [9.17, 15) is 14.7 Å². The van der Waals surface area contributed by atoms with Crippen LogP contribution in [0, 0.1) is 5.92 Å². The summed E-state index contributed by atoms with van der Waals surface area (Å²) in [5.41, 5.74) is 0.957. The van der Waals surface area contributed by atoms with E-state index in [1.54, 1.807) is 11.8 Å². The molecule has 0 saturated carbocycles. The van der Waals surface area contributed by atoms with Crippen molar-refractivity contribution < 1.29 is 14.7 Å². The highest BCUT2D eigenvalue weighted by Gasteiger charge is 2.18. The minimum absolute atomic E-state index is 0.113. The molecule has 0 radical (unpaired) electrons. The monoisotopic (exact) mass is 343 g/mol. The van der Waals surface area contributed by atoms with Crippen molar-refractivity contribution in [3.8, 4) is 0 Å². The summed E-state index contributed by atoms with van der Waals surface area (Å²) >= 11 is 1.61. The molecule has 0 heterocycles. The van der Waals surface area contributed by atoms with Gasteiger partial charge in [-0.15, -0.1) is 11.8 Å². The molecule has 0 bridgehead atoms. The summed E-state index contributed by atoms with van der Waals surface area (Å²) in [6.45, 7) is 0.152. The standard InChI is InChI=1S/C19H21NO3S/c21-18(11-12-24-17-9-5-2-6-10-17)20-14-16(19(22)23)13-15-7-3-1-4-8-15/h1-10,16H,11-14H2,(H,20,21)(H,22,23). The van der Waals surface area contributed by atoms with Crippen molar-refractivity contribution >= 4 is 23.6 Å². The van der Waals surface area contributed by atoms with Crippen LogP contribution in [0.5, 0.6) is 0 Å². The van der Waals surface area contributed by atoms with Gasteiger partial charge in [-0.2, -0.15) is 0 Å². The van der Waals surface area contributed by atoms with E-state index in [1.165, 1.54) is 0 Å². The third-order valence-corrected chi connectivity index (χ3v) is 4.57. The Morgan fingerprint density at radius 3 is 2.25 bits per heavy atom. The van der Waals surface area contributed by atoms with E-state index in [-0.39, 0.29) is 12.5 Å². The number of hydrogen-bond donors (Lipinski definition) is 2. The lowest BCUT2D eigenvalue weighted by Gasteiger charge is -2.13. The minimum atomic E-state index is -0.891. The number of carboxylic acid groups (broad SMARTS) is 1. The second-order valence-electron chi connectivity index (χ2n) is 5.44. The van der Waals surface area contributed by atoms with Crippen LogP contribution in [0.3, 0.4) is 0 Å². The molecule has 0 aliphatic rings. The van der Waals surface area contributed by atoms with Crippen LogP contribution in [-0.2, 0) is 16.0 Å². The van der Waals surface area contributed by atoms with Crippen LogP contribution in [0.25, 0.3) is 0 Å². The van der Waals surface area contributed by atoms with Gasteiger partial charge in [0.2, 0.25) is 5.91 Å². The van der Waals surface area contributed by atoms with Crippen molar-refractivity contribution in [1.82, 2.24) is 5.32 Å². The molecule has 1 atom stereocenters. The van der Waals surface area contributed by atoms with Gasteiger partial charge in [0.1, 0.15) is 0 Å². The molecular formula is C19H21NO3S. The molecular weight excluding hydrogens is 322 g/mol. The predicted molar refractivity (Wildman–Crippen MR) is 96.1 cm³/mol. The number of benzene rings is 2. The lowest BCUT2D eigenvalue weighted by Crippen LogP contribution is -2.34. The third-order valence-electron chi connectivity index (χ3n) is 3.56. The van der Waals surface area contributed by atoms with Gasteiger partial charge in [-0.1, -0.05) is 48.5 Å². The Balaban J connectivity index is 1.73. The van der Waals surface area contributed by atoms with E-state index in [0.29, 0.717) is 18.6 Å². The van der Waals surface area contributed by atoms with Gasteiger partial charge < -0.3 is 10.4 Å². The van der Waals surface area contributed by atoms with Crippen LogP contribution in [0.1, 0.15) is 12.0 Å². The molecule has 2 aromatic rings. The first-order valence-corrected chi connectivity index (χ1v) is 8.85. The largest absolute Gasteiger partial charge is 0.481 e. The fraction of sp³-hybridized carbons (Fsp3) is 0.263. The summed E-state index contributed by atoms with van der Waals surface area (Å²) < 4.78 is 0. The molecule has 0 fully saturated rings. The minimum Gasteiger partial charge on any atom is -0.481 e. The first kappa shape index (κ1) is 18.1. The van der Waals surface area contributed by atoms with Crippen LogP contribution >= 0.6 is 11.8 Å². The molecule has 2 N–H and O–H groups in total. The first-order valence-electron chi connectivity index (χ1n) is 7.86. The van der Waals surface area contributed by atoms with Crippen LogP contribution < -0.4 is 5.32 Å². The summed E-state index contributed by atoms with van der Waals surface area (Å²) in [7, 11) is 0. The Hall–Kier alpha value is -2.27. The predicted octanol–water partition coefficient (Wildman–Crippen LogP) is 3.23. The Bertz CT molecular complexity index is 646. The summed E-state index contributed by atoms with van der Waals surface area (Å²) in [5, 5.41) is 12.1. The molecule has 126 valence electrons. The lowest BCUT2D eigenvalue weighted by molar-refractivity contribution is -0.141. The normalized spacial score (nSPS) is 11.7. The Labute approximate surface area is 146 Å². The number of carbonyl (C=O) groups is 2. The molecule has 0 spiro atoms. The zero-order valence-corrected chi connectivity index (χ0v) is 14.2. The SMILES string of the molecule is O=C(CCSc1ccccc1)NCC(Cc1ccccc1)C(=O)O. The fourth-order valence-corrected chi connectivity index (χ4v) is 3.12. The van der Waals surface area contributed by atoms with Gasteiger partial charge in [-0.25, -0.2) is 0 Å². The van der Waals surface area contributed by atoms with E-state index in [0.717, 1.165) is 10.5 Å². The van der Waals surface area contributed by atoms with Gasteiger partial charge >= 0.3 is 5.97 Å². The summed E-state index contributed by atoms with van der Waals surface area (Å²) in [4.78, 5) is 24.4. The zero-order valence-electron chi connectivity index (χ0n) is 13.4.